The van der Waals surface area contributed by atoms with Crippen LogP contribution in [0.25, 0.3) is 0 Å². The number of hydrogen-bond donors (Lipinski definition) is 0. The maximum atomic E-state index is 6.97. The lowest BCUT2D eigenvalue weighted by Crippen LogP contribution is -1.95. The molecule has 1 N–H and O–H groups in total. The lowest BCUT2D eigenvalue weighted by Gasteiger charge is -2.04. The van der Waals surface area contributed by atoms with Crippen molar-refractivity contribution >= 4 is 0 Å². The van der Waals surface area contributed by atoms with E-state index >= 15 is 0 Å². The minimum atomic E-state index is 0.635. The zero-order valence-corrected chi connectivity index (χ0v) is 6.03. The summed E-state index contributed by atoms with van der Waals surface area (Å²) in [6, 6.07) is 0. The summed E-state index contributed by atoms with van der Waals surface area (Å²) in [5.41, 5.74) is 6.97. The Hall–Kier alpha value is -0.0400. The number of rotatable bonds is 3. The van der Waals surface area contributed by atoms with Gasteiger partial charge in [-0.15, -0.1) is 0 Å². The van der Waals surface area contributed by atoms with Crippen molar-refractivity contribution in [2.24, 2.45) is 5.92 Å². The molecule has 1 heteroatoms. The minimum Gasteiger partial charge on any atom is -0.258 e. The average molecular weight is 126 g/mol. The van der Waals surface area contributed by atoms with Crippen molar-refractivity contribution in [3.05, 3.63) is 0 Å². The molecule has 1 rings (SSSR count). The van der Waals surface area contributed by atoms with Gasteiger partial charge < -0.3 is 0 Å². The van der Waals surface area contributed by atoms with Gasteiger partial charge in [0.15, 0.2) is 0 Å². The maximum Gasteiger partial charge on any atom is 0.00998 e. The van der Waals surface area contributed by atoms with Crippen LogP contribution in [0.2, 0.25) is 0 Å². The van der Waals surface area contributed by atoms with Crippen LogP contribution in [-0.2, 0) is 0 Å². The molecule has 0 unspecified atom stereocenters. The van der Waals surface area contributed by atoms with Crippen molar-refractivity contribution in [1.29, 1.82) is 0 Å². The van der Waals surface area contributed by atoms with Gasteiger partial charge >= 0.3 is 0 Å². The number of hydrogen-bond acceptors (Lipinski definition) is 0. The van der Waals surface area contributed by atoms with Crippen LogP contribution in [-0.4, -0.2) is 6.54 Å². The zero-order valence-electron chi connectivity index (χ0n) is 6.03. The standard InChI is InChI=1S/C8H16N/c9-7-3-6-8-4-1-2-5-8/h8-9H,1-7H2. The molecule has 0 saturated heterocycles. The Bertz CT molecular complexity index is 65.0. The van der Waals surface area contributed by atoms with Gasteiger partial charge in [0.25, 0.3) is 0 Å². The van der Waals surface area contributed by atoms with Crippen molar-refractivity contribution in [3.63, 3.8) is 0 Å². The van der Waals surface area contributed by atoms with E-state index in [1.807, 2.05) is 0 Å². The Morgan fingerprint density at radius 1 is 1.22 bits per heavy atom. The van der Waals surface area contributed by atoms with E-state index in [4.69, 9.17) is 5.73 Å². The second kappa shape index (κ2) is 3.89. The van der Waals surface area contributed by atoms with E-state index in [9.17, 15) is 0 Å². The largest absolute Gasteiger partial charge is 0.258 e. The molecule has 0 aromatic rings. The Labute approximate surface area is 57.6 Å². The molecule has 1 fully saturated rings. The summed E-state index contributed by atoms with van der Waals surface area (Å²) in [6.07, 6.45) is 8.24. The van der Waals surface area contributed by atoms with E-state index in [1.54, 1.807) is 0 Å². The molecule has 0 aliphatic heterocycles. The average Bonchev–Trinajstić information content (AvgIpc) is 2.34. The van der Waals surface area contributed by atoms with Crippen LogP contribution >= 0.6 is 0 Å². The summed E-state index contributed by atoms with van der Waals surface area (Å²) >= 11 is 0. The van der Waals surface area contributed by atoms with Crippen molar-refractivity contribution in [2.75, 3.05) is 6.54 Å². The first kappa shape index (κ1) is 7.07. The molecule has 1 saturated carbocycles. The summed E-state index contributed by atoms with van der Waals surface area (Å²) in [5, 5.41) is 0. The van der Waals surface area contributed by atoms with E-state index in [0.717, 1.165) is 12.3 Å². The molecule has 0 spiro atoms. The molecule has 1 radical (unpaired) electrons. The molecule has 0 amide bonds. The van der Waals surface area contributed by atoms with Crippen LogP contribution in [0.5, 0.6) is 0 Å². The van der Waals surface area contributed by atoms with Crippen LogP contribution in [0.15, 0.2) is 0 Å². The van der Waals surface area contributed by atoms with Crippen molar-refractivity contribution in [2.45, 2.75) is 38.5 Å². The quantitative estimate of drug-likeness (QED) is 0.554. The number of nitrogens with one attached hydrogen (secondary N) is 1. The molecular formula is C8H16N. The molecule has 0 aromatic carbocycles. The second-order valence-corrected chi connectivity index (χ2v) is 3.04. The maximum absolute atomic E-state index is 6.97. The smallest absolute Gasteiger partial charge is 0.00998 e. The fourth-order valence-corrected chi connectivity index (χ4v) is 1.69. The summed E-state index contributed by atoms with van der Waals surface area (Å²) in [6.45, 7) is 0.635. The van der Waals surface area contributed by atoms with Gasteiger partial charge in [0, 0.05) is 6.54 Å². The van der Waals surface area contributed by atoms with Crippen molar-refractivity contribution < 1.29 is 0 Å². The van der Waals surface area contributed by atoms with Crippen LogP contribution in [0, 0.1) is 5.92 Å². The van der Waals surface area contributed by atoms with Gasteiger partial charge in [0.05, 0.1) is 0 Å². The van der Waals surface area contributed by atoms with E-state index in [-0.39, 0.29) is 0 Å². The van der Waals surface area contributed by atoms with Crippen LogP contribution in [0.4, 0.5) is 0 Å². The van der Waals surface area contributed by atoms with Crippen molar-refractivity contribution in [3.8, 4) is 0 Å². The molecule has 1 nitrogen and oxygen atoms in total. The molecule has 0 aromatic heterocycles. The minimum absolute atomic E-state index is 0.635. The highest BCUT2D eigenvalue weighted by Crippen LogP contribution is 2.27. The predicted molar refractivity (Wildman–Crippen MR) is 39.2 cm³/mol. The van der Waals surface area contributed by atoms with Gasteiger partial charge in [0.1, 0.15) is 0 Å². The topological polar surface area (TPSA) is 23.8 Å². The van der Waals surface area contributed by atoms with E-state index in [0.29, 0.717) is 6.54 Å². The lowest BCUT2D eigenvalue weighted by molar-refractivity contribution is 0.486. The third-order valence-corrected chi connectivity index (χ3v) is 2.26. The monoisotopic (exact) mass is 126 g/mol. The third kappa shape index (κ3) is 2.35. The Morgan fingerprint density at radius 2 is 1.89 bits per heavy atom. The molecule has 1 aliphatic rings. The highest BCUT2D eigenvalue weighted by atomic mass is 14.5. The third-order valence-electron chi connectivity index (χ3n) is 2.26. The molecule has 9 heavy (non-hydrogen) atoms. The highest BCUT2D eigenvalue weighted by molar-refractivity contribution is 4.66. The predicted octanol–water partition coefficient (Wildman–Crippen LogP) is 2.24. The molecule has 1 aliphatic carbocycles. The van der Waals surface area contributed by atoms with E-state index in [1.165, 1.54) is 32.1 Å². The second-order valence-electron chi connectivity index (χ2n) is 3.04. The van der Waals surface area contributed by atoms with Gasteiger partial charge in [-0.1, -0.05) is 25.7 Å². The fraction of sp³-hybridized carbons (Fsp3) is 1.00. The summed E-state index contributed by atoms with van der Waals surface area (Å²) in [4.78, 5) is 0. The van der Waals surface area contributed by atoms with Gasteiger partial charge in [0.2, 0.25) is 0 Å². The van der Waals surface area contributed by atoms with Crippen molar-refractivity contribution in [1.82, 2.24) is 5.73 Å². The summed E-state index contributed by atoms with van der Waals surface area (Å²) < 4.78 is 0. The molecular weight excluding hydrogens is 110 g/mol. The zero-order chi connectivity index (χ0) is 6.53. The summed E-state index contributed by atoms with van der Waals surface area (Å²) in [5.74, 6) is 0.996. The highest BCUT2D eigenvalue weighted by Gasteiger charge is 2.13. The van der Waals surface area contributed by atoms with Gasteiger partial charge in [-0.3, -0.25) is 5.73 Å². The van der Waals surface area contributed by atoms with Crippen LogP contribution in [0.1, 0.15) is 38.5 Å². The normalized spacial score (nSPS) is 21.0. The SMILES string of the molecule is [NH]CCCC1CCCC1. The lowest BCUT2D eigenvalue weighted by atomic mass is 10.0. The van der Waals surface area contributed by atoms with Gasteiger partial charge in [-0.05, 0) is 18.8 Å². The van der Waals surface area contributed by atoms with Gasteiger partial charge in [-0.25, -0.2) is 0 Å². The first-order valence-electron chi connectivity index (χ1n) is 4.08. The van der Waals surface area contributed by atoms with Crippen LogP contribution < -0.4 is 5.73 Å². The summed E-state index contributed by atoms with van der Waals surface area (Å²) in [7, 11) is 0. The molecule has 0 bridgehead atoms. The Morgan fingerprint density at radius 3 is 2.44 bits per heavy atom. The first-order valence-corrected chi connectivity index (χ1v) is 4.08. The first-order chi connectivity index (χ1) is 4.43. The molecule has 53 valence electrons. The Kier molecular flexibility index (Phi) is 3.05. The van der Waals surface area contributed by atoms with E-state index in [2.05, 4.69) is 0 Å². The molecule has 0 atom stereocenters. The molecule has 0 heterocycles. The Balaban J connectivity index is 1.98. The van der Waals surface area contributed by atoms with Crippen LogP contribution in [0.3, 0.4) is 0 Å². The van der Waals surface area contributed by atoms with Gasteiger partial charge in [-0.2, -0.15) is 0 Å². The van der Waals surface area contributed by atoms with E-state index < -0.39 is 0 Å². The fourth-order valence-electron chi connectivity index (χ4n) is 1.69.